The number of hydrogen-bond acceptors (Lipinski definition) is 4. The van der Waals surface area contributed by atoms with Crippen molar-refractivity contribution in [3.63, 3.8) is 0 Å². The third-order valence-electron chi connectivity index (χ3n) is 3.74. The highest BCUT2D eigenvalue weighted by molar-refractivity contribution is 6.32. The molecule has 120 valence electrons. The lowest BCUT2D eigenvalue weighted by molar-refractivity contribution is -0.117. The van der Waals surface area contributed by atoms with Gasteiger partial charge in [-0.25, -0.2) is 0 Å². The molecule has 1 aromatic rings. The maximum absolute atomic E-state index is 12.1. The lowest BCUT2D eigenvalue weighted by Crippen LogP contribution is -2.36. The standard InChI is InChI=1S/C17H22ClNO3/c1-4-6-19-7-5-15(20)13(11-19)8-12-9-14(18)17(22-3)16(10-12)21-2/h8-10H,4-7,11H2,1-3H3/b13-8+. The maximum atomic E-state index is 12.1. The van der Waals surface area contributed by atoms with Crippen molar-refractivity contribution in [2.75, 3.05) is 33.9 Å². The Morgan fingerprint density at radius 2 is 2.09 bits per heavy atom. The van der Waals surface area contributed by atoms with E-state index in [1.165, 1.54) is 0 Å². The van der Waals surface area contributed by atoms with Gasteiger partial charge >= 0.3 is 0 Å². The Morgan fingerprint density at radius 3 is 2.73 bits per heavy atom. The predicted octanol–water partition coefficient (Wildman–Crippen LogP) is 3.43. The van der Waals surface area contributed by atoms with Crippen molar-refractivity contribution in [1.29, 1.82) is 0 Å². The van der Waals surface area contributed by atoms with Gasteiger partial charge in [0.2, 0.25) is 0 Å². The first-order valence-electron chi connectivity index (χ1n) is 7.46. The number of methoxy groups -OCH3 is 2. The van der Waals surface area contributed by atoms with Gasteiger partial charge in [0.25, 0.3) is 0 Å². The van der Waals surface area contributed by atoms with Gasteiger partial charge in [-0.05, 0) is 36.7 Å². The van der Waals surface area contributed by atoms with E-state index in [1.54, 1.807) is 20.3 Å². The Kier molecular flexibility index (Phi) is 5.86. The monoisotopic (exact) mass is 323 g/mol. The van der Waals surface area contributed by atoms with E-state index in [-0.39, 0.29) is 5.78 Å². The van der Waals surface area contributed by atoms with Gasteiger partial charge in [-0.3, -0.25) is 9.69 Å². The zero-order valence-electron chi connectivity index (χ0n) is 13.3. The molecule has 0 saturated carbocycles. The van der Waals surface area contributed by atoms with Crippen molar-refractivity contribution < 1.29 is 14.3 Å². The van der Waals surface area contributed by atoms with Crippen LogP contribution in [0.25, 0.3) is 6.08 Å². The average Bonchev–Trinajstić information content (AvgIpc) is 2.50. The number of ether oxygens (including phenoxy) is 2. The second-order valence-corrected chi connectivity index (χ2v) is 5.76. The molecule has 4 nitrogen and oxygen atoms in total. The molecular formula is C17H22ClNO3. The molecular weight excluding hydrogens is 302 g/mol. The Bertz CT molecular complexity index is 584. The van der Waals surface area contributed by atoms with Crippen LogP contribution in [0.5, 0.6) is 11.5 Å². The number of Topliss-reactive ketones (excluding diaryl/α,β-unsaturated/α-hetero) is 1. The summed E-state index contributed by atoms with van der Waals surface area (Å²) in [5, 5.41) is 0.474. The van der Waals surface area contributed by atoms with Gasteiger partial charge in [0.15, 0.2) is 17.3 Å². The first-order chi connectivity index (χ1) is 10.6. The Morgan fingerprint density at radius 1 is 1.32 bits per heavy atom. The molecule has 1 aliphatic heterocycles. The van der Waals surface area contributed by atoms with E-state index >= 15 is 0 Å². The summed E-state index contributed by atoms with van der Waals surface area (Å²) in [6, 6.07) is 3.63. The molecule has 0 N–H and O–H groups in total. The topological polar surface area (TPSA) is 38.8 Å². The molecule has 0 unspecified atom stereocenters. The van der Waals surface area contributed by atoms with E-state index in [1.807, 2.05) is 12.1 Å². The second-order valence-electron chi connectivity index (χ2n) is 5.36. The van der Waals surface area contributed by atoms with Crippen molar-refractivity contribution in [3.8, 4) is 11.5 Å². The number of benzene rings is 1. The maximum Gasteiger partial charge on any atom is 0.179 e. The van der Waals surface area contributed by atoms with Crippen molar-refractivity contribution >= 4 is 23.5 Å². The van der Waals surface area contributed by atoms with Gasteiger partial charge in [0.05, 0.1) is 19.2 Å². The van der Waals surface area contributed by atoms with Crippen LogP contribution in [0.4, 0.5) is 0 Å². The van der Waals surface area contributed by atoms with E-state index in [0.717, 1.165) is 30.6 Å². The zero-order chi connectivity index (χ0) is 16.1. The van der Waals surface area contributed by atoms with Crippen molar-refractivity contribution in [2.24, 2.45) is 0 Å². The number of nitrogens with zero attached hydrogens (tertiary/aromatic N) is 1. The number of hydrogen-bond donors (Lipinski definition) is 0. The molecule has 0 spiro atoms. The lowest BCUT2D eigenvalue weighted by Gasteiger charge is -2.27. The van der Waals surface area contributed by atoms with Crippen LogP contribution >= 0.6 is 11.6 Å². The molecule has 0 aliphatic carbocycles. The Balaban J connectivity index is 2.30. The average molecular weight is 324 g/mol. The van der Waals surface area contributed by atoms with Crippen molar-refractivity contribution in [1.82, 2.24) is 4.90 Å². The molecule has 1 aromatic carbocycles. The van der Waals surface area contributed by atoms with Crippen LogP contribution < -0.4 is 9.47 Å². The van der Waals surface area contributed by atoms with Gasteiger partial charge < -0.3 is 9.47 Å². The molecule has 0 bridgehead atoms. The number of halogens is 1. The zero-order valence-corrected chi connectivity index (χ0v) is 14.1. The number of carbonyl (C=O) groups is 1. The quantitative estimate of drug-likeness (QED) is 0.778. The summed E-state index contributed by atoms with van der Waals surface area (Å²) in [4.78, 5) is 14.4. The fraction of sp³-hybridized carbons (Fsp3) is 0.471. The van der Waals surface area contributed by atoms with Crippen molar-refractivity contribution in [3.05, 3.63) is 28.3 Å². The minimum atomic E-state index is 0.207. The number of carbonyl (C=O) groups excluding carboxylic acids is 1. The number of rotatable bonds is 5. The fourth-order valence-corrected chi connectivity index (χ4v) is 2.98. The molecule has 1 aliphatic rings. The fourth-order valence-electron chi connectivity index (χ4n) is 2.68. The van der Waals surface area contributed by atoms with Crippen LogP contribution in [0.15, 0.2) is 17.7 Å². The third-order valence-corrected chi connectivity index (χ3v) is 4.02. The second kappa shape index (κ2) is 7.65. The van der Waals surface area contributed by atoms with Crippen LogP contribution in [0, 0.1) is 0 Å². The Hall–Kier alpha value is -1.52. The smallest absolute Gasteiger partial charge is 0.179 e. The molecule has 1 saturated heterocycles. The SMILES string of the molecule is CCCN1CCC(=O)/C(=C/c2cc(Cl)c(OC)c(OC)c2)C1. The van der Waals surface area contributed by atoms with Gasteiger partial charge in [-0.2, -0.15) is 0 Å². The summed E-state index contributed by atoms with van der Waals surface area (Å²) in [7, 11) is 3.12. The number of piperidine rings is 1. The summed E-state index contributed by atoms with van der Waals surface area (Å²) in [6.45, 7) is 4.70. The summed E-state index contributed by atoms with van der Waals surface area (Å²) in [6.07, 6.45) is 3.56. The molecule has 0 aromatic heterocycles. The minimum Gasteiger partial charge on any atom is -0.493 e. The first kappa shape index (κ1) is 16.8. The molecule has 0 atom stereocenters. The molecule has 0 amide bonds. The minimum absolute atomic E-state index is 0.207. The normalized spacial score (nSPS) is 17.8. The van der Waals surface area contributed by atoms with Crippen LogP contribution in [0.2, 0.25) is 5.02 Å². The number of likely N-dealkylation sites (tertiary alicyclic amines) is 1. The molecule has 22 heavy (non-hydrogen) atoms. The molecule has 2 rings (SSSR count). The number of ketones is 1. The van der Waals surface area contributed by atoms with Crippen LogP contribution in [-0.2, 0) is 4.79 Å². The summed E-state index contributed by atoms with van der Waals surface area (Å²) >= 11 is 6.22. The first-order valence-corrected chi connectivity index (χ1v) is 7.84. The van der Waals surface area contributed by atoms with E-state index in [2.05, 4.69) is 11.8 Å². The highest BCUT2D eigenvalue weighted by Crippen LogP contribution is 2.36. The van der Waals surface area contributed by atoms with Crippen LogP contribution in [-0.4, -0.2) is 44.5 Å². The molecule has 1 fully saturated rings. The van der Waals surface area contributed by atoms with Gasteiger partial charge in [0, 0.05) is 25.1 Å². The van der Waals surface area contributed by atoms with Gasteiger partial charge in [-0.15, -0.1) is 0 Å². The summed E-state index contributed by atoms with van der Waals surface area (Å²) in [5.74, 6) is 1.28. The molecule has 1 heterocycles. The van der Waals surface area contributed by atoms with E-state index in [4.69, 9.17) is 21.1 Å². The highest BCUT2D eigenvalue weighted by atomic mass is 35.5. The van der Waals surface area contributed by atoms with Crippen LogP contribution in [0.3, 0.4) is 0 Å². The van der Waals surface area contributed by atoms with Crippen molar-refractivity contribution in [2.45, 2.75) is 19.8 Å². The lowest BCUT2D eigenvalue weighted by atomic mass is 10.00. The summed E-state index contributed by atoms with van der Waals surface area (Å²) < 4.78 is 10.5. The Labute approximate surface area is 136 Å². The van der Waals surface area contributed by atoms with Gasteiger partial charge in [0.1, 0.15) is 0 Å². The van der Waals surface area contributed by atoms with Crippen LogP contribution in [0.1, 0.15) is 25.3 Å². The van der Waals surface area contributed by atoms with E-state index in [0.29, 0.717) is 29.5 Å². The van der Waals surface area contributed by atoms with E-state index < -0.39 is 0 Å². The predicted molar refractivity (Wildman–Crippen MR) is 88.9 cm³/mol. The van der Waals surface area contributed by atoms with E-state index in [9.17, 15) is 4.79 Å². The largest absolute Gasteiger partial charge is 0.493 e. The highest BCUT2D eigenvalue weighted by Gasteiger charge is 2.21. The van der Waals surface area contributed by atoms with Gasteiger partial charge in [-0.1, -0.05) is 18.5 Å². The third kappa shape index (κ3) is 3.81. The molecule has 0 radical (unpaired) electrons. The summed E-state index contributed by atoms with van der Waals surface area (Å²) in [5.41, 5.74) is 1.67. The molecule has 5 heteroatoms.